The second-order valence-electron chi connectivity index (χ2n) is 6.69. The van der Waals surface area contributed by atoms with Gasteiger partial charge in [0.15, 0.2) is 11.6 Å². The number of Topliss-reactive ketones (excluding diaryl/α,β-unsaturated/α-hetero) is 1. The number of piperidine rings is 1. The fourth-order valence-corrected chi connectivity index (χ4v) is 3.11. The van der Waals surface area contributed by atoms with Crippen LogP contribution in [0.2, 0.25) is 0 Å². The number of aromatic nitrogens is 2. The third kappa shape index (κ3) is 3.90. The van der Waals surface area contributed by atoms with Gasteiger partial charge in [0, 0.05) is 18.7 Å². The van der Waals surface area contributed by atoms with Crippen LogP contribution in [-0.2, 0) is 0 Å². The molecule has 0 bridgehead atoms. The molecule has 1 saturated heterocycles. The fourth-order valence-electron chi connectivity index (χ4n) is 3.11. The van der Waals surface area contributed by atoms with Crippen LogP contribution in [0.1, 0.15) is 42.9 Å². The topological polar surface area (TPSA) is 81.3 Å². The Morgan fingerprint density at radius 3 is 2.64 bits per heavy atom. The normalized spacial score (nSPS) is 17.4. The number of hydrogen-bond donors (Lipinski definition) is 1. The number of aryl methyl sites for hydroxylation is 1. The number of ketones is 1. The van der Waals surface area contributed by atoms with E-state index in [9.17, 15) is 4.79 Å². The Morgan fingerprint density at radius 2 is 2.00 bits per heavy atom. The van der Waals surface area contributed by atoms with Crippen molar-refractivity contribution in [3.8, 4) is 11.6 Å². The molecule has 3 rings (SSSR count). The van der Waals surface area contributed by atoms with Gasteiger partial charge in [-0.1, -0.05) is 6.92 Å². The highest BCUT2D eigenvalue weighted by molar-refractivity contribution is 5.94. The lowest BCUT2D eigenvalue weighted by Crippen LogP contribution is -2.35. The highest BCUT2D eigenvalue weighted by Crippen LogP contribution is 2.34. The van der Waals surface area contributed by atoms with E-state index in [0.717, 1.165) is 25.3 Å². The average molecular weight is 340 g/mol. The lowest BCUT2D eigenvalue weighted by atomic mass is 10.0. The maximum Gasteiger partial charge on any atom is 0.248 e. The molecular formula is C19H24N4O2. The summed E-state index contributed by atoms with van der Waals surface area (Å²) in [5.74, 6) is 2.95. The maximum atomic E-state index is 11.4. The van der Waals surface area contributed by atoms with Gasteiger partial charge in [0.25, 0.3) is 0 Å². The Kier molecular flexibility index (Phi) is 4.88. The zero-order valence-corrected chi connectivity index (χ0v) is 15.0. The Balaban J connectivity index is 1.87. The molecule has 1 aliphatic heterocycles. The summed E-state index contributed by atoms with van der Waals surface area (Å²) >= 11 is 0. The zero-order chi connectivity index (χ0) is 18.0. The van der Waals surface area contributed by atoms with Crippen LogP contribution in [-0.4, -0.2) is 28.8 Å². The molecule has 1 aromatic carbocycles. The summed E-state index contributed by atoms with van der Waals surface area (Å²) < 4.78 is 5.87. The first-order valence-electron chi connectivity index (χ1n) is 8.62. The molecule has 0 spiro atoms. The predicted octanol–water partition coefficient (Wildman–Crippen LogP) is 3.60. The van der Waals surface area contributed by atoms with Crippen molar-refractivity contribution in [2.75, 3.05) is 23.7 Å². The predicted molar refractivity (Wildman–Crippen MR) is 98.3 cm³/mol. The highest BCUT2D eigenvalue weighted by Gasteiger charge is 2.22. The molecule has 2 aromatic rings. The number of nitrogens with zero attached hydrogens (tertiary/aromatic N) is 3. The number of carbonyl (C=O) groups is 1. The first kappa shape index (κ1) is 17.2. The van der Waals surface area contributed by atoms with Crippen molar-refractivity contribution in [2.45, 2.75) is 33.6 Å². The van der Waals surface area contributed by atoms with Crippen LogP contribution in [0.5, 0.6) is 11.6 Å². The standard InChI is InChI=1S/C19H24N4O2/c1-12-5-4-10-23(11-12)18-17(20)19(22-14(3)21-18)25-16-8-6-15(7-9-16)13(2)24/h6-9,12H,4-5,10-11,20H2,1-3H3/t12-/m1/s1. The minimum atomic E-state index is 0.0189. The summed E-state index contributed by atoms with van der Waals surface area (Å²) in [5, 5.41) is 0. The van der Waals surface area contributed by atoms with E-state index in [1.807, 2.05) is 6.92 Å². The Hall–Kier alpha value is -2.63. The molecular weight excluding hydrogens is 316 g/mol. The zero-order valence-electron chi connectivity index (χ0n) is 15.0. The first-order chi connectivity index (χ1) is 11.9. The number of rotatable bonds is 4. The van der Waals surface area contributed by atoms with Gasteiger partial charge in [-0.2, -0.15) is 4.98 Å². The summed E-state index contributed by atoms with van der Waals surface area (Å²) in [5.41, 5.74) is 7.40. The van der Waals surface area contributed by atoms with E-state index >= 15 is 0 Å². The number of carbonyl (C=O) groups excluding carboxylic acids is 1. The molecule has 1 fully saturated rings. The first-order valence-corrected chi connectivity index (χ1v) is 8.62. The van der Waals surface area contributed by atoms with Gasteiger partial charge in [0.05, 0.1) is 0 Å². The average Bonchev–Trinajstić information content (AvgIpc) is 2.58. The van der Waals surface area contributed by atoms with E-state index in [0.29, 0.717) is 34.6 Å². The molecule has 1 atom stereocenters. The van der Waals surface area contributed by atoms with Crippen LogP contribution in [0.3, 0.4) is 0 Å². The molecule has 2 heterocycles. The van der Waals surface area contributed by atoms with Crippen LogP contribution in [0.25, 0.3) is 0 Å². The van der Waals surface area contributed by atoms with Crippen molar-refractivity contribution in [2.24, 2.45) is 5.92 Å². The maximum absolute atomic E-state index is 11.4. The van der Waals surface area contributed by atoms with E-state index < -0.39 is 0 Å². The summed E-state index contributed by atoms with van der Waals surface area (Å²) in [6, 6.07) is 6.96. The van der Waals surface area contributed by atoms with Crippen LogP contribution in [0.4, 0.5) is 11.5 Å². The van der Waals surface area contributed by atoms with Gasteiger partial charge >= 0.3 is 0 Å². The lowest BCUT2D eigenvalue weighted by molar-refractivity contribution is 0.101. The van der Waals surface area contributed by atoms with Crippen molar-refractivity contribution >= 4 is 17.3 Å². The number of benzene rings is 1. The summed E-state index contributed by atoms with van der Waals surface area (Å²) in [6.07, 6.45) is 2.36. The van der Waals surface area contributed by atoms with Crippen molar-refractivity contribution in [1.82, 2.24) is 9.97 Å². The fraction of sp³-hybridized carbons (Fsp3) is 0.421. The second-order valence-corrected chi connectivity index (χ2v) is 6.69. The van der Waals surface area contributed by atoms with Gasteiger partial charge in [-0.15, -0.1) is 0 Å². The summed E-state index contributed by atoms with van der Waals surface area (Å²) in [4.78, 5) is 22.5. The molecule has 6 nitrogen and oxygen atoms in total. The van der Waals surface area contributed by atoms with Crippen LogP contribution in [0, 0.1) is 12.8 Å². The van der Waals surface area contributed by atoms with Crippen LogP contribution in [0.15, 0.2) is 24.3 Å². The van der Waals surface area contributed by atoms with E-state index in [-0.39, 0.29) is 5.78 Å². The molecule has 0 amide bonds. The Bertz CT molecular complexity index is 774. The molecule has 0 unspecified atom stereocenters. The van der Waals surface area contributed by atoms with E-state index in [1.165, 1.54) is 13.3 Å². The third-order valence-electron chi connectivity index (χ3n) is 4.43. The minimum absolute atomic E-state index is 0.0189. The minimum Gasteiger partial charge on any atom is -0.437 e. The van der Waals surface area contributed by atoms with Gasteiger partial charge in [-0.25, -0.2) is 4.98 Å². The van der Waals surface area contributed by atoms with Crippen LogP contribution >= 0.6 is 0 Å². The van der Waals surface area contributed by atoms with E-state index in [1.54, 1.807) is 24.3 Å². The number of anilines is 2. The Labute approximate surface area is 148 Å². The molecule has 0 aliphatic carbocycles. The number of hydrogen-bond acceptors (Lipinski definition) is 6. The van der Waals surface area contributed by atoms with Gasteiger partial charge in [-0.05, 0) is 56.9 Å². The molecule has 1 aromatic heterocycles. The lowest BCUT2D eigenvalue weighted by Gasteiger charge is -2.32. The number of ether oxygens (including phenoxy) is 1. The molecule has 6 heteroatoms. The Morgan fingerprint density at radius 1 is 1.28 bits per heavy atom. The highest BCUT2D eigenvalue weighted by atomic mass is 16.5. The molecule has 132 valence electrons. The SMILES string of the molecule is CC(=O)c1ccc(Oc2nc(C)nc(N3CCC[C@@H](C)C3)c2N)cc1. The van der Waals surface area contributed by atoms with E-state index in [4.69, 9.17) is 10.5 Å². The van der Waals surface area contributed by atoms with Crippen molar-refractivity contribution in [1.29, 1.82) is 0 Å². The molecule has 0 radical (unpaired) electrons. The van der Waals surface area contributed by atoms with Gasteiger partial charge < -0.3 is 15.4 Å². The van der Waals surface area contributed by atoms with Gasteiger partial charge in [-0.3, -0.25) is 4.79 Å². The van der Waals surface area contributed by atoms with Crippen molar-refractivity contribution in [3.63, 3.8) is 0 Å². The second kappa shape index (κ2) is 7.09. The quantitative estimate of drug-likeness (QED) is 0.857. The molecule has 2 N–H and O–H groups in total. The van der Waals surface area contributed by atoms with Gasteiger partial charge in [0.2, 0.25) is 5.88 Å². The van der Waals surface area contributed by atoms with Crippen molar-refractivity contribution < 1.29 is 9.53 Å². The number of nitrogens with two attached hydrogens (primary N) is 1. The molecule has 1 aliphatic rings. The summed E-state index contributed by atoms with van der Waals surface area (Å²) in [6.45, 7) is 7.49. The van der Waals surface area contributed by atoms with E-state index in [2.05, 4.69) is 21.8 Å². The third-order valence-corrected chi connectivity index (χ3v) is 4.43. The smallest absolute Gasteiger partial charge is 0.248 e. The largest absolute Gasteiger partial charge is 0.437 e. The van der Waals surface area contributed by atoms with Gasteiger partial charge in [0.1, 0.15) is 17.3 Å². The summed E-state index contributed by atoms with van der Waals surface area (Å²) in [7, 11) is 0. The van der Waals surface area contributed by atoms with Crippen molar-refractivity contribution in [3.05, 3.63) is 35.7 Å². The molecule has 25 heavy (non-hydrogen) atoms. The number of nitrogen functional groups attached to an aromatic ring is 1. The monoisotopic (exact) mass is 340 g/mol. The van der Waals surface area contributed by atoms with Crippen LogP contribution < -0.4 is 15.4 Å². The molecule has 0 saturated carbocycles.